The molecule has 2 atom stereocenters. The Labute approximate surface area is 607 Å². The molecule has 8 N–H and O–H groups in total. The van der Waals surface area contributed by atoms with Crippen LogP contribution < -0.4 is 42.5 Å². The number of nitrogens with zero attached hydrogens (tertiary/aromatic N) is 2. The summed E-state index contributed by atoms with van der Waals surface area (Å²) in [6.45, 7) is 12.1. The third-order valence-corrected chi connectivity index (χ3v) is 19.0. The monoisotopic (exact) mass is 1400 g/mol. The van der Waals surface area contributed by atoms with E-state index in [-0.39, 0.29) is 85.8 Å². The standard InChI is InChI=1S/C82H144N10O8/c1-5-9-13-17-21-25-29-33-37-45-61-83-75(93)59-57-73(81(99)87-65-47-39-35-31-27-23-19-15-11-7-3)91-77(95)51-43-41-49-63-85-79(97)69-53-55-71(89-67-69)72-56-54-70(68-90-72)80(98)86-64-50-42-44-52-78(96)92-74(82(100)88-66-48-40-36-32-28-24-20-16-12-8-4)58-60-76(94)84-62-46-38-34-30-26-22-18-14-10-6-2/h53-56,67-68,73-74H,5-52,57-66H2,1-4H3,(H,83,93)(H,84,94)(H,85,97)(H,86,98)(H,87,99)(H,88,100)(H,91,95)(H,92,96)/t73-,74-/m0/s1. The van der Waals surface area contributed by atoms with Crippen LogP contribution in [0.1, 0.15) is 382 Å². The first kappa shape index (κ1) is 90.1. The number of unbranched alkanes of at least 4 members (excludes halogenated alkanes) is 40. The number of hydrogen-bond donors (Lipinski definition) is 8. The first-order valence-corrected chi connectivity index (χ1v) is 41.1. The molecule has 0 aliphatic carbocycles. The minimum absolute atomic E-state index is 0.104. The van der Waals surface area contributed by atoms with Crippen LogP contribution in [0.25, 0.3) is 11.4 Å². The van der Waals surface area contributed by atoms with Gasteiger partial charge in [-0.3, -0.25) is 48.3 Å². The normalized spacial score (nSPS) is 11.8. The van der Waals surface area contributed by atoms with Gasteiger partial charge in [0.2, 0.25) is 35.4 Å². The second-order valence-corrected chi connectivity index (χ2v) is 28.3. The zero-order valence-corrected chi connectivity index (χ0v) is 63.8. The van der Waals surface area contributed by atoms with Crippen molar-refractivity contribution in [2.45, 2.75) is 374 Å². The summed E-state index contributed by atoms with van der Waals surface area (Å²) >= 11 is 0. The predicted molar refractivity (Wildman–Crippen MR) is 411 cm³/mol. The molecule has 2 aromatic heterocycles. The van der Waals surface area contributed by atoms with Crippen LogP contribution in [0.15, 0.2) is 36.7 Å². The van der Waals surface area contributed by atoms with E-state index in [9.17, 15) is 38.4 Å². The molecule has 2 heterocycles. The highest BCUT2D eigenvalue weighted by atomic mass is 16.2. The van der Waals surface area contributed by atoms with Gasteiger partial charge in [0.05, 0.1) is 22.5 Å². The van der Waals surface area contributed by atoms with Crippen LogP contribution in [0.2, 0.25) is 0 Å². The Morgan fingerprint density at radius 2 is 0.510 bits per heavy atom. The highest BCUT2D eigenvalue weighted by molar-refractivity contribution is 5.95. The summed E-state index contributed by atoms with van der Waals surface area (Å²) in [5.41, 5.74) is 1.85. The number of nitrogens with one attached hydrogen (secondary N) is 8. The predicted octanol–water partition coefficient (Wildman–Crippen LogP) is 17.4. The van der Waals surface area contributed by atoms with Crippen LogP contribution in [-0.2, 0) is 28.8 Å². The molecule has 18 heteroatoms. The molecule has 0 radical (unpaired) electrons. The molecule has 2 rings (SSSR count). The quantitative estimate of drug-likeness (QED) is 0.0291. The van der Waals surface area contributed by atoms with Crippen molar-refractivity contribution in [3.8, 4) is 11.4 Å². The Morgan fingerprint density at radius 1 is 0.270 bits per heavy atom. The molecule has 0 unspecified atom stereocenters. The zero-order chi connectivity index (χ0) is 72.4. The smallest absolute Gasteiger partial charge is 0.252 e. The molecule has 570 valence electrons. The van der Waals surface area contributed by atoms with Crippen LogP contribution in [0.3, 0.4) is 0 Å². The molecule has 8 amide bonds. The number of hydrogen-bond acceptors (Lipinski definition) is 10. The molecule has 18 nitrogen and oxygen atoms in total. The Balaban J connectivity index is 1.75. The maximum Gasteiger partial charge on any atom is 0.252 e. The fourth-order valence-electron chi connectivity index (χ4n) is 12.5. The van der Waals surface area contributed by atoms with Gasteiger partial charge in [0.15, 0.2) is 0 Å². The second kappa shape index (κ2) is 65.1. The molecule has 0 aliphatic heterocycles. The molecule has 0 fully saturated rings. The number of carbonyl (C=O) groups excluding carboxylic acids is 8. The molecular formula is C82H144N10O8. The van der Waals surface area contributed by atoms with Crippen molar-refractivity contribution in [3.63, 3.8) is 0 Å². The van der Waals surface area contributed by atoms with E-state index in [0.29, 0.717) is 100 Å². The van der Waals surface area contributed by atoms with E-state index in [1.807, 2.05) is 0 Å². The maximum absolute atomic E-state index is 13.4. The lowest BCUT2D eigenvalue weighted by Crippen LogP contribution is -2.47. The van der Waals surface area contributed by atoms with Crippen molar-refractivity contribution in [1.82, 2.24) is 52.5 Å². The lowest BCUT2D eigenvalue weighted by Gasteiger charge is -2.18. The summed E-state index contributed by atoms with van der Waals surface area (Å²) in [6, 6.07) is 5.19. The van der Waals surface area contributed by atoms with Gasteiger partial charge in [-0.2, -0.15) is 0 Å². The molecule has 0 aliphatic rings. The van der Waals surface area contributed by atoms with Crippen molar-refractivity contribution < 1.29 is 38.4 Å². The van der Waals surface area contributed by atoms with Gasteiger partial charge in [0, 0.05) is 77.3 Å². The van der Waals surface area contributed by atoms with E-state index in [1.165, 1.54) is 205 Å². The topological polar surface area (TPSA) is 259 Å². The number of aromatic nitrogens is 2. The van der Waals surface area contributed by atoms with Crippen molar-refractivity contribution in [2.75, 3.05) is 39.3 Å². The molecule has 0 bridgehead atoms. The van der Waals surface area contributed by atoms with Crippen molar-refractivity contribution in [2.24, 2.45) is 0 Å². The molecule has 0 aromatic carbocycles. The average Bonchev–Trinajstić information content (AvgIpc) is 0.846. The van der Waals surface area contributed by atoms with Gasteiger partial charge >= 0.3 is 0 Å². The van der Waals surface area contributed by atoms with Gasteiger partial charge < -0.3 is 42.5 Å². The Morgan fingerprint density at radius 3 is 0.770 bits per heavy atom. The molecule has 0 saturated carbocycles. The lowest BCUT2D eigenvalue weighted by atomic mass is 10.1. The van der Waals surface area contributed by atoms with Crippen LogP contribution in [0, 0.1) is 0 Å². The summed E-state index contributed by atoms with van der Waals surface area (Å²) in [4.78, 5) is 114. The number of pyridine rings is 2. The number of amides is 8. The van der Waals surface area contributed by atoms with Gasteiger partial charge in [-0.25, -0.2) is 0 Å². The van der Waals surface area contributed by atoms with Gasteiger partial charge in [-0.05, 0) is 88.5 Å². The summed E-state index contributed by atoms with van der Waals surface area (Å²) < 4.78 is 0. The summed E-state index contributed by atoms with van der Waals surface area (Å²) in [6.07, 6.45) is 56.6. The highest BCUT2D eigenvalue weighted by Gasteiger charge is 2.23. The summed E-state index contributed by atoms with van der Waals surface area (Å²) in [5.74, 6) is -1.72. The van der Waals surface area contributed by atoms with E-state index in [2.05, 4.69) is 80.2 Å². The third-order valence-electron chi connectivity index (χ3n) is 19.0. The molecule has 0 spiro atoms. The van der Waals surface area contributed by atoms with E-state index < -0.39 is 12.1 Å². The van der Waals surface area contributed by atoms with E-state index in [4.69, 9.17) is 0 Å². The highest BCUT2D eigenvalue weighted by Crippen LogP contribution is 2.18. The van der Waals surface area contributed by atoms with Crippen molar-refractivity contribution >= 4 is 47.3 Å². The first-order valence-electron chi connectivity index (χ1n) is 41.1. The van der Waals surface area contributed by atoms with Gasteiger partial charge in [0.25, 0.3) is 11.8 Å². The average molecular weight is 1400 g/mol. The second-order valence-electron chi connectivity index (χ2n) is 28.3. The maximum atomic E-state index is 13.4. The van der Waals surface area contributed by atoms with Crippen LogP contribution >= 0.6 is 0 Å². The summed E-state index contributed by atoms with van der Waals surface area (Å²) in [5, 5.41) is 23.8. The van der Waals surface area contributed by atoms with E-state index in [1.54, 1.807) is 24.3 Å². The van der Waals surface area contributed by atoms with Gasteiger partial charge in [-0.15, -0.1) is 0 Å². The molecule has 0 saturated heterocycles. The SMILES string of the molecule is CCCCCCCCCCCCNC(=O)CC[C@H](NC(=O)CCCCCNC(=O)c1ccc(-c2ccc(C(=O)NCCCCCC(=O)N[C@@H](CCC(=O)NCCCCCCCCCCCC)C(=O)NCCCCCCCCCCCC)cn2)nc1)C(=O)NCCCCCCCCCCCC. The minimum Gasteiger partial charge on any atom is -0.356 e. The van der Waals surface area contributed by atoms with Crippen molar-refractivity contribution in [1.29, 1.82) is 0 Å². The van der Waals surface area contributed by atoms with Gasteiger partial charge in [0.1, 0.15) is 12.1 Å². The van der Waals surface area contributed by atoms with Gasteiger partial charge in [-0.1, -0.05) is 272 Å². The van der Waals surface area contributed by atoms with Crippen LogP contribution in [0.5, 0.6) is 0 Å². The van der Waals surface area contributed by atoms with E-state index in [0.717, 1.165) is 64.2 Å². The lowest BCUT2D eigenvalue weighted by molar-refractivity contribution is -0.130. The largest absolute Gasteiger partial charge is 0.356 e. The van der Waals surface area contributed by atoms with Crippen molar-refractivity contribution in [3.05, 3.63) is 47.8 Å². The number of rotatable bonds is 69. The Bertz CT molecular complexity index is 2230. The van der Waals surface area contributed by atoms with Crippen LogP contribution in [-0.4, -0.2) is 109 Å². The molecular weight excluding hydrogens is 1250 g/mol. The fourth-order valence-corrected chi connectivity index (χ4v) is 12.5. The van der Waals surface area contributed by atoms with Crippen LogP contribution in [0.4, 0.5) is 0 Å². The number of carbonyl (C=O) groups is 8. The fraction of sp³-hybridized carbons (Fsp3) is 0.780. The zero-order valence-electron chi connectivity index (χ0n) is 63.8. The molecule has 2 aromatic rings. The molecule has 100 heavy (non-hydrogen) atoms. The Hall–Kier alpha value is -5.94. The Kier molecular flexibility index (Phi) is 58.7. The summed E-state index contributed by atoms with van der Waals surface area (Å²) in [7, 11) is 0. The van der Waals surface area contributed by atoms with E-state index >= 15 is 0 Å². The third kappa shape index (κ3) is 51.2. The minimum atomic E-state index is -0.792. The first-order chi connectivity index (χ1) is 48.9.